The molecule has 0 aliphatic rings. The van der Waals surface area contributed by atoms with Gasteiger partial charge < -0.3 is 9.30 Å². The second-order valence-corrected chi connectivity index (χ2v) is 3.56. The number of benzene rings is 1. The quantitative estimate of drug-likeness (QED) is 0.703. The molecule has 0 unspecified atom stereocenters. The Kier molecular flexibility index (Phi) is 3.02. The normalized spacial score (nSPS) is 11.1. The van der Waals surface area contributed by atoms with Crippen molar-refractivity contribution in [3.05, 3.63) is 36.3 Å². The number of fused-ring (bicyclic) bond motifs is 1. The summed E-state index contributed by atoms with van der Waals surface area (Å²) in [6, 6.07) is 6.81. The Labute approximate surface area is 88.3 Å². The lowest BCUT2D eigenvalue weighted by Gasteiger charge is -2.04. The molecule has 0 radical (unpaired) electrons. The van der Waals surface area contributed by atoms with E-state index in [0.29, 0.717) is 0 Å². The lowest BCUT2D eigenvalue weighted by atomic mass is 10.2. The molecule has 0 aliphatic carbocycles. The molecular formula is C12H14FNO. The number of aryl methyl sites for hydroxylation is 1. The Morgan fingerprint density at radius 2 is 2.20 bits per heavy atom. The average Bonchev–Trinajstić information content (AvgIpc) is 2.61. The average molecular weight is 207 g/mol. The Morgan fingerprint density at radius 1 is 1.33 bits per heavy atom. The summed E-state index contributed by atoms with van der Waals surface area (Å²) < 4.78 is 20.0. The first kappa shape index (κ1) is 10.2. The molecule has 0 atom stereocenters. The fraction of sp³-hybridized carbons (Fsp3) is 0.333. The van der Waals surface area contributed by atoms with Crippen molar-refractivity contribution in [2.45, 2.75) is 13.0 Å². The Bertz CT molecular complexity index is 450. The molecular weight excluding hydrogens is 193 g/mol. The van der Waals surface area contributed by atoms with E-state index < -0.39 is 0 Å². The minimum atomic E-state index is -0.183. The summed E-state index contributed by atoms with van der Waals surface area (Å²) in [4.78, 5) is 0. The maximum Gasteiger partial charge on any atom is 0.123 e. The van der Waals surface area contributed by atoms with E-state index in [2.05, 4.69) is 4.57 Å². The minimum absolute atomic E-state index is 0.183. The highest BCUT2D eigenvalue weighted by atomic mass is 19.1. The van der Waals surface area contributed by atoms with Crippen LogP contribution in [0.5, 0.6) is 0 Å². The second kappa shape index (κ2) is 4.45. The van der Waals surface area contributed by atoms with Crippen molar-refractivity contribution in [3.63, 3.8) is 0 Å². The van der Waals surface area contributed by atoms with Crippen molar-refractivity contribution < 1.29 is 9.13 Å². The highest BCUT2D eigenvalue weighted by Crippen LogP contribution is 2.17. The summed E-state index contributed by atoms with van der Waals surface area (Å²) >= 11 is 0. The molecule has 3 heteroatoms. The summed E-state index contributed by atoms with van der Waals surface area (Å²) in [7, 11) is 1.70. The van der Waals surface area contributed by atoms with Crippen molar-refractivity contribution in [1.82, 2.24) is 4.57 Å². The van der Waals surface area contributed by atoms with Crippen LogP contribution in [0, 0.1) is 5.82 Å². The fourth-order valence-corrected chi connectivity index (χ4v) is 1.75. The van der Waals surface area contributed by atoms with Crippen molar-refractivity contribution in [2.24, 2.45) is 0 Å². The third-order valence-electron chi connectivity index (χ3n) is 2.48. The van der Waals surface area contributed by atoms with Gasteiger partial charge in [0.05, 0.1) is 0 Å². The number of methoxy groups -OCH3 is 1. The fourth-order valence-electron chi connectivity index (χ4n) is 1.75. The van der Waals surface area contributed by atoms with Crippen LogP contribution in [0.25, 0.3) is 10.9 Å². The maximum atomic E-state index is 12.9. The van der Waals surface area contributed by atoms with E-state index in [9.17, 15) is 4.39 Å². The molecule has 80 valence electrons. The van der Waals surface area contributed by atoms with Gasteiger partial charge in [0.2, 0.25) is 0 Å². The number of rotatable bonds is 4. The molecule has 2 aromatic rings. The predicted molar refractivity (Wildman–Crippen MR) is 58.4 cm³/mol. The first-order valence-corrected chi connectivity index (χ1v) is 5.04. The lowest BCUT2D eigenvalue weighted by molar-refractivity contribution is 0.190. The smallest absolute Gasteiger partial charge is 0.123 e. The topological polar surface area (TPSA) is 14.2 Å². The number of aromatic nitrogens is 1. The van der Waals surface area contributed by atoms with Crippen LogP contribution >= 0.6 is 0 Å². The zero-order valence-electron chi connectivity index (χ0n) is 8.74. The van der Waals surface area contributed by atoms with Gasteiger partial charge in [0.15, 0.2) is 0 Å². The number of halogens is 1. The molecule has 0 saturated heterocycles. The molecule has 0 amide bonds. The highest BCUT2D eigenvalue weighted by molar-refractivity contribution is 5.80. The number of hydrogen-bond donors (Lipinski definition) is 0. The van der Waals surface area contributed by atoms with E-state index >= 15 is 0 Å². The summed E-state index contributed by atoms with van der Waals surface area (Å²) in [5.41, 5.74) is 1.08. The molecule has 0 aliphatic heterocycles. The van der Waals surface area contributed by atoms with Gasteiger partial charge >= 0.3 is 0 Å². The van der Waals surface area contributed by atoms with Crippen molar-refractivity contribution >= 4 is 10.9 Å². The van der Waals surface area contributed by atoms with E-state index in [1.165, 1.54) is 6.07 Å². The summed E-state index contributed by atoms with van der Waals surface area (Å²) in [5.74, 6) is -0.183. The van der Waals surface area contributed by atoms with Gasteiger partial charge in [-0.05, 0) is 30.7 Å². The Hall–Kier alpha value is -1.35. The van der Waals surface area contributed by atoms with Gasteiger partial charge in [-0.15, -0.1) is 0 Å². The van der Waals surface area contributed by atoms with E-state index in [4.69, 9.17) is 4.74 Å². The predicted octanol–water partition coefficient (Wildman–Crippen LogP) is 2.82. The first-order chi connectivity index (χ1) is 7.31. The van der Waals surface area contributed by atoms with Crippen LogP contribution in [0.1, 0.15) is 6.42 Å². The molecule has 0 N–H and O–H groups in total. The zero-order valence-corrected chi connectivity index (χ0v) is 8.74. The molecule has 1 aromatic carbocycles. The maximum absolute atomic E-state index is 12.9. The van der Waals surface area contributed by atoms with Crippen molar-refractivity contribution in [2.75, 3.05) is 13.7 Å². The first-order valence-electron chi connectivity index (χ1n) is 5.04. The third kappa shape index (κ3) is 2.18. The monoisotopic (exact) mass is 207 g/mol. The van der Waals surface area contributed by atoms with E-state index in [1.807, 2.05) is 18.3 Å². The van der Waals surface area contributed by atoms with Crippen LogP contribution in [-0.2, 0) is 11.3 Å². The van der Waals surface area contributed by atoms with Crippen molar-refractivity contribution in [3.8, 4) is 0 Å². The van der Waals surface area contributed by atoms with Gasteiger partial charge in [0.1, 0.15) is 5.82 Å². The second-order valence-electron chi connectivity index (χ2n) is 3.56. The molecule has 2 nitrogen and oxygen atoms in total. The Morgan fingerprint density at radius 3 is 3.00 bits per heavy atom. The van der Waals surface area contributed by atoms with Crippen LogP contribution in [0.2, 0.25) is 0 Å². The van der Waals surface area contributed by atoms with E-state index in [-0.39, 0.29) is 5.82 Å². The number of ether oxygens (including phenoxy) is 1. The standard InChI is InChI=1S/C12H14FNO/c1-15-8-2-6-14-7-5-10-9-11(13)3-4-12(10)14/h3-5,7,9H,2,6,8H2,1H3. The molecule has 15 heavy (non-hydrogen) atoms. The molecule has 1 aromatic heterocycles. The van der Waals surface area contributed by atoms with Crippen molar-refractivity contribution in [1.29, 1.82) is 0 Å². The van der Waals surface area contributed by atoms with E-state index in [1.54, 1.807) is 13.2 Å². The zero-order chi connectivity index (χ0) is 10.7. The minimum Gasteiger partial charge on any atom is -0.385 e. The largest absolute Gasteiger partial charge is 0.385 e. The summed E-state index contributed by atoms with van der Waals surface area (Å²) in [6.45, 7) is 1.66. The van der Waals surface area contributed by atoms with Crippen LogP contribution in [0.4, 0.5) is 4.39 Å². The number of nitrogens with zero attached hydrogens (tertiary/aromatic N) is 1. The summed E-state index contributed by atoms with van der Waals surface area (Å²) in [6.07, 6.45) is 2.96. The van der Waals surface area contributed by atoms with Gasteiger partial charge in [0, 0.05) is 37.4 Å². The molecule has 0 fully saturated rings. The van der Waals surface area contributed by atoms with Gasteiger partial charge in [-0.2, -0.15) is 0 Å². The Balaban J connectivity index is 2.21. The molecule has 0 spiro atoms. The van der Waals surface area contributed by atoms with Crippen LogP contribution in [0.15, 0.2) is 30.5 Å². The molecule has 0 saturated carbocycles. The number of hydrogen-bond acceptors (Lipinski definition) is 1. The molecule has 0 bridgehead atoms. The molecule has 1 heterocycles. The van der Waals surface area contributed by atoms with Gasteiger partial charge in [-0.25, -0.2) is 4.39 Å². The molecule has 2 rings (SSSR count). The van der Waals surface area contributed by atoms with Crippen LogP contribution in [0.3, 0.4) is 0 Å². The van der Waals surface area contributed by atoms with Crippen LogP contribution < -0.4 is 0 Å². The van der Waals surface area contributed by atoms with Gasteiger partial charge in [-0.3, -0.25) is 0 Å². The highest BCUT2D eigenvalue weighted by Gasteiger charge is 2.01. The van der Waals surface area contributed by atoms with Gasteiger partial charge in [-0.1, -0.05) is 0 Å². The van der Waals surface area contributed by atoms with E-state index in [0.717, 1.165) is 30.5 Å². The SMILES string of the molecule is COCCCn1ccc2cc(F)ccc21. The summed E-state index contributed by atoms with van der Waals surface area (Å²) in [5, 5.41) is 0.951. The van der Waals surface area contributed by atoms with Gasteiger partial charge in [0.25, 0.3) is 0 Å². The lowest BCUT2D eigenvalue weighted by Crippen LogP contribution is -1.99. The van der Waals surface area contributed by atoms with Crippen LogP contribution in [-0.4, -0.2) is 18.3 Å². The third-order valence-corrected chi connectivity index (χ3v) is 2.48.